The van der Waals surface area contributed by atoms with Gasteiger partial charge in [0.15, 0.2) is 0 Å². The molecule has 0 aliphatic carbocycles. The SMILES string of the molecule is N#Cc1ccccc1/[C]=N\OCc1cccc(OC(F)(F)F)c1. The van der Waals surface area contributed by atoms with E-state index in [-0.39, 0.29) is 12.4 Å². The van der Waals surface area contributed by atoms with Crippen LogP contribution in [-0.2, 0) is 11.4 Å². The summed E-state index contributed by atoms with van der Waals surface area (Å²) in [6.45, 7) is -0.0588. The van der Waals surface area contributed by atoms with Crippen molar-refractivity contribution in [3.8, 4) is 11.8 Å². The van der Waals surface area contributed by atoms with Crippen molar-refractivity contribution in [3.05, 3.63) is 65.2 Å². The number of rotatable bonds is 5. The van der Waals surface area contributed by atoms with Gasteiger partial charge in [0.25, 0.3) is 0 Å². The number of halogens is 3. The lowest BCUT2D eigenvalue weighted by Gasteiger charge is -2.09. The molecule has 0 fully saturated rings. The summed E-state index contributed by atoms with van der Waals surface area (Å²) in [4.78, 5) is 4.98. The van der Waals surface area contributed by atoms with Crippen molar-refractivity contribution in [3.63, 3.8) is 0 Å². The van der Waals surface area contributed by atoms with Gasteiger partial charge in [-0.2, -0.15) is 5.26 Å². The van der Waals surface area contributed by atoms with Gasteiger partial charge in [0, 0.05) is 5.56 Å². The number of benzene rings is 2. The normalized spacial score (nSPS) is 11.2. The quantitative estimate of drug-likeness (QED) is 0.621. The Morgan fingerprint density at radius 2 is 1.78 bits per heavy atom. The Bertz CT molecular complexity index is 737. The Morgan fingerprint density at radius 3 is 2.48 bits per heavy atom. The van der Waals surface area contributed by atoms with E-state index in [0.717, 1.165) is 0 Å². The van der Waals surface area contributed by atoms with Gasteiger partial charge >= 0.3 is 6.36 Å². The van der Waals surface area contributed by atoms with E-state index in [4.69, 9.17) is 10.1 Å². The van der Waals surface area contributed by atoms with Gasteiger partial charge in [0.2, 0.25) is 0 Å². The van der Waals surface area contributed by atoms with Crippen LogP contribution in [0.15, 0.2) is 53.7 Å². The Kier molecular flexibility index (Phi) is 5.20. The summed E-state index contributed by atoms with van der Waals surface area (Å²) in [5.74, 6) is -0.332. The summed E-state index contributed by atoms with van der Waals surface area (Å²) in [6.07, 6.45) is -2.19. The molecule has 0 aliphatic rings. The zero-order valence-electron chi connectivity index (χ0n) is 11.7. The first-order valence-corrected chi connectivity index (χ1v) is 6.40. The molecule has 7 heteroatoms. The average Bonchev–Trinajstić information content (AvgIpc) is 2.50. The fraction of sp³-hybridized carbons (Fsp3) is 0.125. The molecule has 2 aromatic rings. The number of nitriles is 1. The molecule has 0 atom stereocenters. The first-order chi connectivity index (χ1) is 11.0. The molecule has 0 aromatic heterocycles. The van der Waals surface area contributed by atoms with E-state index < -0.39 is 6.36 Å². The third kappa shape index (κ3) is 5.36. The minimum Gasteiger partial charge on any atom is -0.406 e. The van der Waals surface area contributed by atoms with Crippen LogP contribution in [0.1, 0.15) is 16.7 Å². The molecule has 0 unspecified atom stereocenters. The van der Waals surface area contributed by atoms with E-state index >= 15 is 0 Å². The van der Waals surface area contributed by atoms with E-state index in [9.17, 15) is 13.2 Å². The second-order valence-corrected chi connectivity index (χ2v) is 4.33. The lowest BCUT2D eigenvalue weighted by molar-refractivity contribution is -0.274. The first-order valence-electron chi connectivity index (χ1n) is 6.40. The van der Waals surface area contributed by atoms with E-state index in [1.165, 1.54) is 18.2 Å². The molecule has 0 heterocycles. The van der Waals surface area contributed by atoms with Gasteiger partial charge in [0.1, 0.15) is 18.6 Å². The highest BCUT2D eigenvalue weighted by molar-refractivity contribution is 5.82. The average molecular weight is 319 g/mol. The van der Waals surface area contributed by atoms with Gasteiger partial charge < -0.3 is 9.57 Å². The summed E-state index contributed by atoms with van der Waals surface area (Å²) < 4.78 is 40.2. The molecule has 0 amide bonds. The van der Waals surface area contributed by atoms with Crippen molar-refractivity contribution in [2.24, 2.45) is 5.16 Å². The Labute approximate surface area is 130 Å². The summed E-state index contributed by atoms with van der Waals surface area (Å²) in [6, 6.07) is 14.0. The largest absolute Gasteiger partial charge is 0.573 e. The fourth-order valence-electron chi connectivity index (χ4n) is 1.70. The zero-order valence-corrected chi connectivity index (χ0v) is 11.7. The van der Waals surface area contributed by atoms with Crippen molar-refractivity contribution in [2.75, 3.05) is 0 Å². The predicted molar refractivity (Wildman–Crippen MR) is 75.6 cm³/mol. The van der Waals surface area contributed by atoms with Crippen molar-refractivity contribution in [1.82, 2.24) is 0 Å². The van der Waals surface area contributed by atoms with Crippen LogP contribution in [0.25, 0.3) is 0 Å². The van der Waals surface area contributed by atoms with Gasteiger partial charge in [-0.25, -0.2) is 0 Å². The van der Waals surface area contributed by atoms with E-state index in [1.54, 1.807) is 30.3 Å². The first kappa shape index (κ1) is 16.4. The molecular formula is C16H10F3N2O2. The van der Waals surface area contributed by atoms with Crippen molar-refractivity contribution in [2.45, 2.75) is 13.0 Å². The van der Waals surface area contributed by atoms with Gasteiger partial charge in [0.05, 0.1) is 11.6 Å². The molecule has 0 bridgehead atoms. The highest BCUT2D eigenvalue weighted by Gasteiger charge is 2.31. The molecule has 23 heavy (non-hydrogen) atoms. The van der Waals surface area contributed by atoms with E-state index in [0.29, 0.717) is 16.7 Å². The third-order valence-corrected chi connectivity index (χ3v) is 2.64. The number of ether oxygens (including phenoxy) is 1. The van der Waals surface area contributed by atoms with Crippen LogP contribution in [0.3, 0.4) is 0 Å². The van der Waals surface area contributed by atoms with E-state index in [1.807, 2.05) is 6.07 Å². The van der Waals surface area contributed by atoms with Crippen LogP contribution in [-0.4, -0.2) is 12.6 Å². The molecule has 0 N–H and O–H groups in total. The smallest absolute Gasteiger partial charge is 0.406 e. The number of nitrogens with zero attached hydrogens (tertiary/aromatic N) is 2. The molecule has 0 aliphatic heterocycles. The lowest BCUT2D eigenvalue weighted by Crippen LogP contribution is -2.17. The monoisotopic (exact) mass is 319 g/mol. The molecule has 4 nitrogen and oxygen atoms in total. The lowest BCUT2D eigenvalue weighted by atomic mass is 10.1. The minimum atomic E-state index is -4.74. The minimum absolute atomic E-state index is 0.0588. The van der Waals surface area contributed by atoms with Crippen LogP contribution < -0.4 is 4.74 Å². The van der Waals surface area contributed by atoms with Crippen molar-refractivity contribution >= 4 is 6.21 Å². The molecular weight excluding hydrogens is 309 g/mol. The fourth-order valence-corrected chi connectivity index (χ4v) is 1.70. The molecule has 0 saturated heterocycles. The maximum atomic E-state index is 12.1. The van der Waals surface area contributed by atoms with Crippen LogP contribution in [0.2, 0.25) is 0 Å². The van der Waals surface area contributed by atoms with Crippen LogP contribution in [0.5, 0.6) is 5.75 Å². The standard InChI is InChI=1S/C16H10F3N2O2/c17-16(18,19)23-15-7-3-4-12(8-15)11-22-21-10-14-6-2-1-5-13(14)9-20/h1-8H,11H2. The summed E-state index contributed by atoms with van der Waals surface area (Å²) in [7, 11) is 0. The predicted octanol–water partition coefficient (Wildman–Crippen LogP) is 3.88. The highest BCUT2D eigenvalue weighted by Crippen LogP contribution is 2.23. The highest BCUT2D eigenvalue weighted by atomic mass is 19.4. The maximum Gasteiger partial charge on any atom is 0.573 e. The molecule has 1 radical (unpaired) electrons. The summed E-state index contributed by atoms with van der Waals surface area (Å²) >= 11 is 0. The second kappa shape index (κ2) is 7.31. The van der Waals surface area contributed by atoms with E-state index in [2.05, 4.69) is 16.1 Å². The molecule has 2 aromatic carbocycles. The second-order valence-electron chi connectivity index (χ2n) is 4.33. The topological polar surface area (TPSA) is 54.6 Å². The van der Waals surface area contributed by atoms with Crippen LogP contribution in [0.4, 0.5) is 13.2 Å². The van der Waals surface area contributed by atoms with Gasteiger partial charge in [-0.15, -0.1) is 13.2 Å². The summed E-state index contributed by atoms with van der Waals surface area (Å²) in [5.41, 5.74) is 1.30. The number of hydrogen-bond donors (Lipinski definition) is 0. The van der Waals surface area contributed by atoms with Crippen LogP contribution >= 0.6 is 0 Å². The Balaban J connectivity index is 1.95. The maximum absolute atomic E-state index is 12.1. The van der Waals surface area contributed by atoms with Gasteiger partial charge in [-0.1, -0.05) is 35.5 Å². The van der Waals surface area contributed by atoms with Crippen molar-refractivity contribution in [1.29, 1.82) is 5.26 Å². The molecule has 2 rings (SSSR count). The number of hydrogen-bond acceptors (Lipinski definition) is 4. The Morgan fingerprint density at radius 1 is 1.04 bits per heavy atom. The molecule has 0 saturated carbocycles. The van der Waals surface area contributed by atoms with Crippen LogP contribution in [0, 0.1) is 11.3 Å². The zero-order chi connectivity index (χ0) is 16.7. The Hall–Kier alpha value is -3.01. The van der Waals surface area contributed by atoms with Gasteiger partial charge in [-0.3, -0.25) is 0 Å². The molecule has 0 spiro atoms. The number of alkyl halides is 3. The van der Waals surface area contributed by atoms with Crippen molar-refractivity contribution < 1.29 is 22.7 Å². The third-order valence-electron chi connectivity index (χ3n) is 2.64. The van der Waals surface area contributed by atoms with Gasteiger partial charge in [-0.05, 0) is 23.8 Å². The molecule has 117 valence electrons. The summed E-state index contributed by atoms with van der Waals surface area (Å²) in [5, 5.41) is 12.5.